The van der Waals surface area contributed by atoms with Crippen LogP contribution in [0.3, 0.4) is 0 Å². The second kappa shape index (κ2) is 7.94. The Morgan fingerprint density at radius 1 is 1.23 bits per heavy atom. The van der Waals surface area contributed by atoms with Gasteiger partial charge in [-0.2, -0.15) is 0 Å². The highest BCUT2D eigenvalue weighted by Gasteiger charge is 2.36. The molecule has 0 bridgehead atoms. The molecule has 0 heterocycles. The molecule has 2 nitrogen and oxygen atoms in total. The van der Waals surface area contributed by atoms with Gasteiger partial charge in [0, 0.05) is 7.11 Å². The van der Waals surface area contributed by atoms with Crippen LogP contribution in [0.15, 0.2) is 42.5 Å². The van der Waals surface area contributed by atoms with Gasteiger partial charge >= 0.3 is 0 Å². The molecule has 1 fully saturated rings. The van der Waals surface area contributed by atoms with Crippen molar-refractivity contribution < 1.29 is 9.47 Å². The molecule has 0 atom stereocenters. The fraction of sp³-hybridized carbons (Fsp3) is 0.600. The fourth-order valence-electron chi connectivity index (χ4n) is 3.14. The number of benzene rings is 1. The summed E-state index contributed by atoms with van der Waals surface area (Å²) in [5.74, 6) is 0.527. The SMILES string of the molecule is C=C(CC1(OC)CCC(OCc2ccccc2)CC1)C(C)C. The Morgan fingerprint density at radius 2 is 1.86 bits per heavy atom. The number of hydrogen-bond acceptors (Lipinski definition) is 2. The third-order valence-corrected chi connectivity index (χ3v) is 4.97. The van der Waals surface area contributed by atoms with E-state index >= 15 is 0 Å². The van der Waals surface area contributed by atoms with Crippen molar-refractivity contribution in [3.05, 3.63) is 48.0 Å². The molecule has 0 aromatic heterocycles. The van der Waals surface area contributed by atoms with Crippen LogP contribution in [0.25, 0.3) is 0 Å². The lowest BCUT2D eigenvalue weighted by molar-refractivity contribution is -0.0826. The Hall–Kier alpha value is -1.12. The first kappa shape index (κ1) is 17.2. The molecule has 0 saturated heterocycles. The number of ether oxygens (including phenoxy) is 2. The molecule has 0 amide bonds. The zero-order valence-corrected chi connectivity index (χ0v) is 14.3. The molecular formula is C20H30O2. The van der Waals surface area contributed by atoms with Crippen molar-refractivity contribution in [1.29, 1.82) is 0 Å². The van der Waals surface area contributed by atoms with Gasteiger partial charge in [0.15, 0.2) is 0 Å². The van der Waals surface area contributed by atoms with E-state index in [2.05, 4.69) is 44.7 Å². The van der Waals surface area contributed by atoms with Crippen molar-refractivity contribution in [3.63, 3.8) is 0 Å². The van der Waals surface area contributed by atoms with Gasteiger partial charge in [-0.05, 0) is 43.6 Å². The minimum atomic E-state index is -0.0199. The summed E-state index contributed by atoms with van der Waals surface area (Å²) >= 11 is 0. The molecule has 1 aromatic carbocycles. The van der Waals surface area contributed by atoms with Gasteiger partial charge < -0.3 is 9.47 Å². The highest BCUT2D eigenvalue weighted by Crippen LogP contribution is 2.38. The van der Waals surface area contributed by atoms with Crippen LogP contribution in [0, 0.1) is 5.92 Å². The van der Waals surface area contributed by atoms with E-state index in [0.29, 0.717) is 18.6 Å². The largest absolute Gasteiger partial charge is 0.378 e. The average molecular weight is 302 g/mol. The summed E-state index contributed by atoms with van der Waals surface area (Å²) in [4.78, 5) is 0. The fourth-order valence-corrected chi connectivity index (χ4v) is 3.14. The van der Waals surface area contributed by atoms with Gasteiger partial charge in [-0.3, -0.25) is 0 Å². The van der Waals surface area contributed by atoms with Gasteiger partial charge in [-0.1, -0.05) is 56.3 Å². The normalized spacial score (nSPS) is 25.4. The Bertz CT molecular complexity index is 456. The monoisotopic (exact) mass is 302 g/mol. The predicted molar refractivity (Wildman–Crippen MR) is 91.8 cm³/mol. The standard InChI is InChI=1S/C20H30O2/c1-16(2)17(3)14-20(21-4)12-10-19(11-13-20)22-15-18-8-6-5-7-9-18/h5-9,16,19H,3,10-15H2,1-2,4H3. The predicted octanol–water partition coefficient (Wildman–Crippen LogP) is 5.13. The number of rotatable bonds is 7. The zero-order chi connectivity index (χ0) is 16.0. The van der Waals surface area contributed by atoms with E-state index in [1.165, 1.54) is 11.1 Å². The Kier molecular flexibility index (Phi) is 6.22. The summed E-state index contributed by atoms with van der Waals surface area (Å²) in [6, 6.07) is 10.4. The minimum Gasteiger partial charge on any atom is -0.378 e. The van der Waals surface area contributed by atoms with Crippen LogP contribution in [0.5, 0.6) is 0 Å². The van der Waals surface area contributed by atoms with E-state index in [9.17, 15) is 0 Å². The molecule has 2 rings (SSSR count). The molecule has 1 aliphatic carbocycles. The van der Waals surface area contributed by atoms with Crippen LogP contribution >= 0.6 is 0 Å². The first-order valence-corrected chi connectivity index (χ1v) is 8.43. The van der Waals surface area contributed by atoms with Gasteiger partial charge in [0.1, 0.15) is 0 Å². The molecule has 0 N–H and O–H groups in total. The molecule has 122 valence electrons. The Balaban J connectivity index is 1.82. The van der Waals surface area contributed by atoms with Gasteiger partial charge in [0.25, 0.3) is 0 Å². The second-order valence-electron chi connectivity index (χ2n) is 6.87. The van der Waals surface area contributed by atoms with Crippen LogP contribution in [0.1, 0.15) is 51.5 Å². The molecule has 1 aliphatic rings. The zero-order valence-electron chi connectivity index (χ0n) is 14.3. The summed E-state index contributed by atoms with van der Waals surface area (Å²) in [6.07, 6.45) is 5.62. The van der Waals surface area contributed by atoms with Crippen LogP contribution in [0.4, 0.5) is 0 Å². The van der Waals surface area contributed by atoms with E-state index < -0.39 is 0 Å². The summed E-state index contributed by atoms with van der Waals surface area (Å²) < 4.78 is 12.0. The highest BCUT2D eigenvalue weighted by molar-refractivity contribution is 5.13. The van der Waals surface area contributed by atoms with Gasteiger partial charge in [0.05, 0.1) is 18.3 Å². The average Bonchev–Trinajstić information content (AvgIpc) is 2.55. The molecule has 22 heavy (non-hydrogen) atoms. The van der Waals surface area contributed by atoms with E-state index in [-0.39, 0.29) is 5.60 Å². The first-order valence-electron chi connectivity index (χ1n) is 8.43. The van der Waals surface area contributed by atoms with Crippen LogP contribution < -0.4 is 0 Å². The van der Waals surface area contributed by atoms with Gasteiger partial charge in [-0.15, -0.1) is 0 Å². The summed E-state index contributed by atoms with van der Waals surface area (Å²) in [6.45, 7) is 9.35. The maximum Gasteiger partial charge on any atom is 0.0720 e. The smallest absolute Gasteiger partial charge is 0.0720 e. The molecule has 0 unspecified atom stereocenters. The first-order chi connectivity index (χ1) is 10.5. The lowest BCUT2D eigenvalue weighted by Crippen LogP contribution is -2.39. The molecule has 0 spiro atoms. The molecule has 1 aromatic rings. The minimum absolute atomic E-state index is 0.0199. The lowest BCUT2D eigenvalue weighted by atomic mass is 9.77. The van der Waals surface area contributed by atoms with Crippen molar-refractivity contribution in [2.24, 2.45) is 5.92 Å². The van der Waals surface area contributed by atoms with Crippen molar-refractivity contribution in [2.75, 3.05) is 7.11 Å². The molecular weight excluding hydrogens is 272 g/mol. The second-order valence-corrected chi connectivity index (χ2v) is 6.87. The quantitative estimate of drug-likeness (QED) is 0.650. The van der Waals surface area contributed by atoms with Crippen molar-refractivity contribution >= 4 is 0 Å². The van der Waals surface area contributed by atoms with Crippen molar-refractivity contribution in [3.8, 4) is 0 Å². The number of methoxy groups -OCH3 is 1. The maximum absolute atomic E-state index is 6.08. The van der Waals surface area contributed by atoms with Crippen LogP contribution in [-0.4, -0.2) is 18.8 Å². The number of hydrogen-bond donors (Lipinski definition) is 0. The van der Waals surface area contributed by atoms with Crippen LogP contribution in [0.2, 0.25) is 0 Å². The van der Waals surface area contributed by atoms with Crippen molar-refractivity contribution in [2.45, 2.75) is 64.3 Å². The van der Waals surface area contributed by atoms with E-state index in [0.717, 1.165) is 32.1 Å². The van der Waals surface area contributed by atoms with Gasteiger partial charge in [0.2, 0.25) is 0 Å². The summed E-state index contributed by atoms with van der Waals surface area (Å²) in [5, 5.41) is 0. The lowest BCUT2D eigenvalue weighted by Gasteiger charge is -2.40. The Labute approximate surface area is 135 Å². The maximum atomic E-state index is 6.08. The van der Waals surface area contributed by atoms with E-state index in [4.69, 9.17) is 9.47 Å². The van der Waals surface area contributed by atoms with Crippen LogP contribution in [-0.2, 0) is 16.1 Å². The van der Waals surface area contributed by atoms with E-state index in [1.54, 1.807) is 0 Å². The summed E-state index contributed by atoms with van der Waals surface area (Å²) in [5.41, 5.74) is 2.53. The third-order valence-electron chi connectivity index (χ3n) is 4.97. The van der Waals surface area contributed by atoms with Gasteiger partial charge in [-0.25, -0.2) is 0 Å². The summed E-state index contributed by atoms with van der Waals surface area (Å²) in [7, 11) is 1.85. The molecule has 1 saturated carbocycles. The topological polar surface area (TPSA) is 18.5 Å². The third kappa shape index (κ3) is 4.69. The Morgan fingerprint density at radius 3 is 2.41 bits per heavy atom. The van der Waals surface area contributed by atoms with E-state index in [1.807, 2.05) is 13.2 Å². The molecule has 0 aliphatic heterocycles. The highest BCUT2D eigenvalue weighted by atomic mass is 16.5. The molecule has 2 heteroatoms. The van der Waals surface area contributed by atoms with Crippen molar-refractivity contribution in [1.82, 2.24) is 0 Å². The molecule has 0 radical (unpaired) electrons.